The van der Waals surface area contributed by atoms with Gasteiger partial charge in [0.15, 0.2) is 0 Å². The lowest BCUT2D eigenvalue weighted by Crippen LogP contribution is -2.62. The lowest BCUT2D eigenvalue weighted by Gasteiger charge is -2.50. The first-order valence-electron chi connectivity index (χ1n) is 6.66. The quantitative estimate of drug-likeness (QED) is 0.458. The second-order valence-electron chi connectivity index (χ2n) is 6.21. The van der Waals surface area contributed by atoms with Crippen molar-refractivity contribution >= 4 is 10.5 Å². The molecule has 1 unspecified atom stereocenters. The summed E-state index contributed by atoms with van der Waals surface area (Å²) < 4.78 is 16.2. The highest BCUT2D eigenvalue weighted by molar-refractivity contribution is 5.98. The molecular formula is C13H30O5Si. The molecule has 0 aliphatic carbocycles. The van der Waals surface area contributed by atoms with Crippen LogP contribution in [0.25, 0.3) is 0 Å². The van der Waals surface area contributed by atoms with Crippen molar-refractivity contribution in [2.45, 2.75) is 45.8 Å². The van der Waals surface area contributed by atoms with Gasteiger partial charge in [-0.05, 0) is 19.3 Å². The molecule has 0 radical (unpaired) electrons. The molecular weight excluding hydrogens is 264 g/mol. The molecule has 0 aliphatic rings. The zero-order valence-electron chi connectivity index (χ0n) is 13.2. The highest BCUT2D eigenvalue weighted by Gasteiger charge is 2.52. The number of hydrogen-bond donors (Lipinski definition) is 2. The second-order valence-corrected chi connectivity index (χ2v) is 6.62. The van der Waals surface area contributed by atoms with Crippen molar-refractivity contribution in [2.24, 2.45) is 5.41 Å². The first-order chi connectivity index (χ1) is 8.62. The number of aliphatic hydroxyl groups is 2. The Bertz CT molecular complexity index is 252. The Morgan fingerprint density at radius 1 is 0.947 bits per heavy atom. The average molecular weight is 294 g/mol. The predicted octanol–water partition coefficient (Wildman–Crippen LogP) is -0.135. The third-order valence-corrected chi connectivity index (χ3v) is 4.69. The van der Waals surface area contributed by atoms with Crippen molar-refractivity contribution in [1.29, 1.82) is 0 Å². The van der Waals surface area contributed by atoms with E-state index in [9.17, 15) is 5.11 Å². The Morgan fingerprint density at radius 2 is 1.47 bits per heavy atom. The van der Waals surface area contributed by atoms with Crippen LogP contribution in [0.15, 0.2) is 0 Å². The van der Waals surface area contributed by atoms with Gasteiger partial charge in [0.25, 0.3) is 0 Å². The van der Waals surface area contributed by atoms with Crippen molar-refractivity contribution in [3.8, 4) is 0 Å². The minimum atomic E-state index is -1.08. The zero-order chi connectivity index (χ0) is 15.2. The SMILES string of the molecule is CC(C)(C)C(O)(COCCOCCO)C(C)(C)O[SiH3]. The smallest absolute Gasteiger partial charge is 0.146 e. The normalized spacial score (nSPS) is 16.6. The maximum absolute atomic E-state index is 11.0. The van der Waals surface area contributed by atoms with Crippen LogP contribution < -0.4 is 0 Å². The zero-order valence-corrected chi connectivity index (χ0v) is 15.2. The molecule has 0 saturated carbocycles. The van der Waals surface area contributed by atoms with Crippen molar-refractivity contribution in [2.75, 3.05) is 33.0 Å². The number of rotatable bonds is 9. The van der Waals surface area contributed by atoms with E-state index in [-0.39, 0.29) is 18.6 Å². The maximum atomic E-state index is 11.0. The fraction of sp³-hybridized carbons (Fsp3) is 1.00. The molecule has 0 amide bonds. The summed E-state index contributed by atoms with van der Waals surface area (Å²) in [6.07, 6.45) is 0. The van der Waals surface area contributed by atoms with E-state index in [1.165, 1.54) is 0 Å². The van der Waals surface area contributed by atoms with Crippen LogP contribution in [-0.4, -0.2) is 64.9 Å². The van der Waals surface area contributed by atoms with Crippen LogP contribution in [0.4, 0.5) is 0 Å². The van der Waals surface area contributed by atoms with Crippen LogP contribution in [0.1, 0.15) is 34.6 Å². The van der Waals surface area contributed by atoms with Crippen LogP contribution in [-0.2, 0) is 13.9 Å². The van der Waals surface area contributed by atoms with Gasteiger partial charge < -0.3 is 24.1 Å². The molecule has 0 bridgehead atoms. The van der Waals surface area contributed by atoms with Crippen LogP contribution in [0, 0.1) is 5.41 Å². The summed E-state index contributed by atoms with van der Waals surface area (Å²) in [5.74, 6) is 0. The molecule has 0 aliphatic heterocycles. The summed E-state index contributed by atoms with van der Waals surface area (Å²) in [5.41, 5.74) is -2.12. The van der Waals surface area contributed by atoms with Crippen LogP contribution >= 0.6 is 0 Å². The summed E-state index contributed by atoms with van der Waals surface area (Å²) in [6.45, 7) is 11.0. The van der Waals surface area contributed by atoms with Crippen LogP contribution in [0.2, 0.25) is 0 Å². The Hall–Kier alpha value is 0.0169. The summed E-state index contributed by atoms with van der Waals surface area (Å²) >= 11 is 0. The van der Waals surface area contributed by atoms with Gasteiger partial charge in [0.1, 0.15) is 16.1 Å². The van der Waals surface area contributed by atoms with Crippen molar-refractivity contribution in [3.63, 3.8) is 0 Å². The fourth-order valence-electron chi connectivity index (χ4n) is 1.97. The average Bonchev–Trinajstić information content (AvgIpc) is 2.31. The molecule has 0 spiro atoms. The highest BCUT2D eigenvalue weighted by Crippen LogP contribution is 2.40. The van der Waals surface area contributed by atoms with Crippen LogP contribution in [0.5, 0.6) is 0 Å². The maximum Gasteiger partial charge on any atom is 0.146 e. The number of hydrogen-bond acceptors (Lipinski definition) is 5. The predicted molar refractivity (Wildman–Crippen MR) is 78.2 cm³/mol. The molecule has 1 atom stereocenters. The molecule has 0 saturated heterocycles. The molecule has 0 aromatic rings. The van der Waals surface area contributed by atoms with Gasteiger partial charge >= 0.3 is 0 Å². The van der Waals surface area contributed by atoms with Gasteiger partial charge in [-0.25, -0.2) is 0 Å². The van der Waals surface area contributed by atoms with Crippen molar-refractivity contribution < 1.29 is 24.1 Å². The van der Waals surface area contributed by atoms with Gasteiger partial charge in [-0.2, -0.15) is 0 Å². The third-order valence-electron chi connectivity index (χ3n) is 3.67. The largest absolute Gasteiger partial charge is 0.420 e. The lowest BCUT2D eigenvalue weighted by atomic mass is 9.68. The summed E-state index contributed by atoms with van der Waals surface area (Å²) in [5, 5.41) is 19.5. The van der Waals surface area contributed by atoms with Gasteiger partial charge in [-0.1, -0.05) is 20.8 Å². The van der Waals surface area contributed by atoms with E-state index in [1.54, 1.807) is 0 Å². The first kappa shape index (κ1) is 19.0. The second kappa shape index (κ2) is 7.71. The summed E-state index contributed by atoms with van der Waals surface area (Å²) in [7, 11) is 0.555. The molecule has 2 N–H and O–H groups in total. The summed E-state index contributed by atoms with van der Waals surface area (Å²) in [4.78, 5) is 0. The summed E-state index contributed by atoms with van der Waals surface area (Å²) in [6, 6.07) is 0. The Morgan fingerprint density at radius 3 is 1.89 bits per heavy atom. The van der Waals surface area contributed by atoms with Gasteiger partial charge in [0.2, 0.25) is 0 Å². The van der Waals surface area contributed by atoms with Crippen molar-refractivity contribution in [3.05, 3.63) is 0 Å². The molecule has 116 valence electrons. The van der Waals surface area contributed by atoms with E-state index < -0.39 is 11.2 Å². The van der Waals surface area contributed by atoms with Gasteiger partial charge in [0, 0.05) is 0 Å². The van der Waals surface area contributed by atoms with Gasteiger partial charge in [-0.15, -0.1) is 0 Å². The molecule has 0 heterocycles. The topological polar surface area (TPSA) is 68.2 Å². The Labute approximate surface area is 119 Å². The standard InChI is InChI=1S/C13H30O5Si/c1-11(2,3)13(15,12(4,5)18-19)10-17-9-8-16-7-6-14/h14-15H,6-10H2,1-5,19H3. The number of ether oxygens (including phenoxy) is 2. The molecule has 0 rings (SSSR count). The highest BCUT2D eigenvalue weighted by atomic mass is 28.2. The third kappa shape index (κ3) is 5.13. The van der Waals surface area contributed by atoms with Crippen LogP contribution in [0.3, 0.4) is 0 Å². The fourth-order valence-corrected chi connectivity index (χ4v) is 2.30. The minimum Gasteiger partial charge on any atom is -0.420 e. The molecule has 0 fully saturated rings. The number of aliphatic hydroxyl groups excluding tert-OH is 1. The first-order valence-corrected chi connectivity index (χ1v) is 7.48. The van der Waals surface area contributed by atoms with E-state index >= 15 is 0 Å². The monoisotopic (exact) mass is 294 g/mol. The van der Waals surface area contributed by atoms with E-state index in [0.717, 1.165) is 0 Å². The molecule has 5 nitrogen and oxygen atoms in total. The molecule has 6 heteroatoms. The van der Waals surface area contributed by atoms with E-state index in [1.807, 2.05) is 34.6 Å². The lowest BCUT2D eigenvalue weighted by molar-refractivity contribution is -0.205. The Kier molecular flexibility index (Phi) is 7.71. The van der Waals surface area contributed by atoms with Crippen molar-refractivity contribution in [1.82, 2.24) is 0 Å². The van der Waals surface area contributed by atoms with E-state index in [2.05, 4.69) is 0 Å². The van der Waals surface area contributed by atoms with Gasteiger partial charge in [0.05, 0.1) is 38.6 Å². The minimum absolute atomic E-state index is 0.00720. The van der Waals surface area contributed by atoms with Gasteiger partial charge in [-0.3, -0.25) is 0 Å². The molecule has 0 aromatic carbocycles. The molecule has 19 heavy (non-hydrogen) atoms. The Balaban J connectivity index is 4.48. The van der Waals surface area contributed by atoms with E-state index in [0.29, 0.717) is 30.3 Å². The molecule has 0 aromatic heterocycles. The van der Waals surface area contributed by atoms with E-state index in [4.69, 9.17) is 19.0 Å².